The Labute approximate surface area is 123 Å². The van der Waals surface area contributed by atoms with Crippen molar-refractivity contribution in [3.05, 3.63) is 39.6 Å². The van der Waals surface area contributed by atoms with Gasteiger partial charge in [0.2, 0.25) is 5.91 Å². The van der Waals surface area contributed by atoms with Crippen molar-refractivity contribution in [2.24, 2.45) is 0 Å². The Balaban J connectivity index is 2.09. The number of nitrogens with zero attached hydrogens (tertiary/aromatic N) is 2. The largest absolute Gasteiger partial charge is 0.396 e. The fourth-order valence-corrected chi connectivity index (χ4v) is 2.27. The number of nitrogens with two attached hydrogens (primary N) is 1. The van der Waals surface area contributed by atoms with Crippen molar-refractivity contribution < 1.29 is 4.79 Å². The van der Waals surface area contributed by atoms with Gasteiger partial charge in [-0.25, -0.2) is 0 Å². The number of anilines is 2. The molecule has 0 saturated heterocycles. The van der Waals surface area contributed by atoms with Crippen LogP contribution in [0.2, 0.25) is 5.02 Å². The number of hydrogen-bond donors (Lipinski definition) is 2. The van der Waals surface area contributed by atoms with Gasteiger partial charge < -0.3 is 11.1 Å². The maximum Gasteiger partial charge on any atom is 0.246 e. The number of aryl methyl sites for hydroxylation is 1. The highest BCUT2D eigenvalue weighted by atomic mass is 79.9. The molecule has 0 unspecified atom stereocenters. The summed E-state index contributed by atoms with van der Waals surface area (Å²) in [7, 11) is 0. The summed E-state index contributed by atoms with van der Waals surface area (Å²) in [5, 5.41) is 7.31. The third-order valence-electron chi connectivity index (χ3n) is 2.48. The van der Waals surface area contributed by atoms with Gasteiger partial charge >= 0.3 is 0 Å². The molecule has 19 heavy (non-hydrogen) atoms. The van der Waals surface area contributed by atoms with E-state index in [0.29, 0.717) is 16.4 Å². The molecular weight excluding hydrogens is 332 g/mol. The Morgan fingerprint density at radius 2 is 2.32 bits per heavy atom. The molecule has 1 aromatic carbocycles. The molecule has 0 fully saturated rings. The number of benzene rings is 1. The van der Waals surface area contributed by atoms with Crippen LogP contribution in [0.3, 0.4) is 0 Å². The van der Waals surface area contributed by atoms with Crippen LogP contribution >= 0.6 is 27.5 Å². The van der Waals surface area contributed by atoms with E-state index in [1.807, 2.05) is 13.0 Å². The Kier molecular flexibility index (Phi) is 4.11. The van der Waals surface area contributed by atoms with E-state index < -0.39 is 0 Å². The zero-order valence-electron chi connectivity index (χ0n) is 10.2. The molecule has 0 aliphatic rings. The molecule has 100 valence electrons. The van der Waals surface area contributed by atoms with Gasteiger partial charge in [-0.1, -0.05) is 11.6 Å². The summed E-state index contributed by atoms with van der Waals surface area (Å²) in [6.07, 6.45) is 3.09. The second kappa shape index (κ2) is 5.63. The van der Waals surface area contributed by atoms with E-state index in [0.717, 1.165) is 10.0 Å². The van der Waals surface area contributed by atoms with Crippen LogP contribution in [0.15, 0.2) is 29.0 Å². The number of nitrogens with one attached hydrogen (secondary N) is 1. The number of amides is 1. The normalized spacial score (nSPS) is 10.5. The first-order valence-electron chi connectivity index (χ1n) is 5.49. The Morgan fingerprint density at radius 3 is 2.95 bits per heavy atom. The van der Waals surface area contributed by atoms with E-state index >= 15 is 0 Å². The third-order valence-corrected chi connectivity index (χ3v) is 3.54. The summed E-state index contributed by atoms with van der Waals surface area (Å²) in [6, 6.07) is 3.56. The predicted octanol–water partition coefficient (Wildman–Crippen LogP) is 2.83. The van der Waals surface area contributed by atoms with Crippen LogP contribution in [0.1, 0.15) is 5.56 Å². The molecule has 5 nitrogen and oxygen atoms in total. The second-order valence-electron chi connectivity index (χ2n) is 4.10. The van der Waals surface area contributed by atoms with E-state index in [1.165, 1.54) is 10.9 Å². The highest BCUT2D eigenvalue weighted by molar-refractivity contribution is 9.10. The monoisotopic (exact) mass is 342 g/mol. The molecule has 7 heteroatoms. The van der Waals surface area contributed by atoms with Crippen LogP contribution < -0.4 is 11.1 Å². The van der Waals surface area contributed by atoms with Crippen LogP contribution in [-0.2, 0) is 11.3 Å². The summed E-state index contributed by atoms with van der Waals surface area (Å²) in [5.41, 5.74) is 7.61. The maximum absolute atomic E-state index is 11.9. The SMILES string of the molecule is Cc1cc(Br)c(NC(=O)Cn2cc(N)cn2)cc1Cl. The number of carbonyl (C=O) groups is 1. The van der Waals surface area contributed by atoms with Crippen LogP contribution in [0.25, 0.3) is 0 Å². The molecule has 0 radical (unpaired) electrons. The molecule has 2 rings (SSSR count). The third kappa shape index (κ3) is 3.48. The molecular formula is C12H12BrClN4O. The number of rotatable bonds is 3. The molecule has 0 aliphatic heterocycles. The summed E-state index contributed by atoms with van der Waals surface area (Å²) in [6.45, 7) is 1.99. The van der Waals surface area contributed by atoms with Gasteiger partial charge in [-0.15, -0.1) is 0 Å². The van der Waals surface area contributed by atoms with Crippen molar-refractivity contribution in [3.63, 3.8) is 0 Å². The average molecular weight is 344 g/mol. The molecule has 0 aliphatic carbocycles. The molecule has 0 saturated carbocycles. The van der Waals surface area contributed by atoms with Crippen molar-refractivity contribution in [1.82, 2.24) is 9.78 Å². The lowest BCUT2D eigenvalue weighted by molar-refractivity contribution is -0.116. The van der Waals surface area contributed by atoms with E-state index in [1.54, 1.807) is 12.3 Å². The van der Waals surface area contributed by atoms with Crippen LogP contribution in [0.4, 0.5) is 11.4 Å². The lowest BCUT2D eigenvalue weighted by atomic mass is 10.2. The second-order valence-corrected chi connectivity index (χ2v) is 5.36. The topological polar surface area (TPSA) is 72.9 Å². The first kappa shape index (κ1) is 13.9. The highest BCUT2D eigenvalue weighted by Gasteiger charge is 2.09. The van der Waals surface area contributed by atoms with Gasteiger partial charge in [-0.3, -0.25) is 9.48 Å². The lowest BCUT2D eigenvalue weighted by Crippen LogP contribution is -2.19. The average Bonchev–Trinajstić information content (AvgIpc) is 2.71. The summed E-state index contributed by atoms with van der Waals surface area (Å²) in [4.78, 5) is 11.9. The fourth-order valence-electron chi connectivity index (χ4n) is 1.54. The van der Waals surface area contributed by atoms with Gasteiger partial charge in [-0.05, 0) is 40.5 Å². The van der Waals surface area contributed by atoms with Crippen molar-refractivity contribution in [2.75, 3.05) is 11.1 Å². The Bertz CT molecular complexity index is 626. The van der Waals surface area contributed by atoms with Gasteiger partial charge in [-0.2, -0.15) is 5.10 Å². The predicted molar refractivity (Wildman–Crippen MR) is 79.2 cm³/mol. The first-order chi connectivity index (χ1) is 8.95. The highest BCUT2D eigenvalue weighted by Crippen LogP contribution is 2.29. The summed E-state index contributed by atoms with van der Waals surface area (Å²) < 4.78 is 2.25. The molecule has 3 N–H and O–H groups in total. The van der Waals surface area contributed by atoms with Gasteiger partial charge in [0.05, 0.1) is 17.6 Å². The smallest absolute Gasteiger partial charge is 0.246 e. The lowest BCUT2D eigenvalue weighted by Gasteiger charge is -2.09. The molecule has 0 atom stereocenters. The zero-order chi connectivity index (χ0) is 14.0. The van der Waals surface area contributed by atoms with Gasteiger partial charge in [0.1, 0.15) is 6.54 Å². The minimum atomic E-state index is -0.205. The van der Waals surface area contributed by atoms with Crippen LogP contribution in [-0.4, -0.2) is 15.7 Å². The number of aromatic nitrogens is 2. The number of halogens is 2. The van der Waals surface area contributed by atoms with Crippen molar-refractivity contribution >= 4 is 44.8 Å². The quantitative estimate of drug-likeness (QED) is 0.900. The van der Waals surface area contributed by atoms with Gasteiger partial charge in [0.15, 0.2) is 0 Å². The van der Waals surface area contributed by atoms with E-state index in [4.69, 9.17) is 17.3 Å². The minimum absolute atomic E-state index is 0.0924. The van der Waals surface area contributed by atoms with E-state index in [9.17, 15) is 4.79 Å². The minimum Gasteiger partial charge on any atom is -0.396 e. The van der Waals surface area contributed by atoms with Crippen molar-refractivity contribution in [2.45, 2.75) is 13.5 Å². The van der Waals surface area contributed by atoms with Crippen LogP contribution in [0.5, 0.6) is 0 Å². The van der Waals surface area contributed by atoms with Crippen molar-refractivity contribution in [1.29, 1.82) is 0 Å². The maximum atomic E-state index is 11.9. The Morgan fingerprint density at radius 1 is 1.58 bits per heavy atom. The van der Waals surface area contributed by atoms with Crippen LogP contribution in [0, 0.1) is 6.92 Å². The van der Waals surface area contributed by atoms with Crippen molar-refractivity contribution in [3.8, 4) is 0 Å². The Hall–Kier alpha value is -1.53. The van der Waals surface area contributed by atoms with E-state index in [-0.39, 0.29) is 12.5 Å². The molecule has 2 aromatic rings. The number of carbonyl (C=O) groups excluding carboxylic acids is 1. The standard InChI is InChI=1S/C12H12BrClN4O/c1-7-2-9(13)11(3-10(7)14)17-12(19)6-18-5-8(15)4-16-18/h2-5H,6,15H2,1H3,(H,17,19). The summed E-state index contributed by atoms with van der Waals surface area (Å²) >= 11 is 9.41. The number of hydrogen-bond acceptors (Lipinski definition) is 3. The fraction of sp³-hybridized carbons (Fsp3) is 0.167. The molecule has 0 bridgehead atoms. The van der Waals surface area contributed by atoms with Gasteiger partial charge in [0.25, 0.3) is 0 Å². The van der Waals surface area contributed by atoms with Gasteiger partial charge in [0, 0.05) is 15.7 Å². The zero-order valence-corrected chi connectivity index (χ0v) is 12.5. The summed E-state index contributed by atoms with van der Waals surface area (Å²) in [5.74, 6) is -0.205. The van der Waals surface area contributed by atoms with E-state index in [2.05, 4.69) is 26.3 Å². The molecule has 0 spiro atoms. The number of nitrogen functional groups attached to an aromatic ring is 1. The first-order valence-corrected chi connectivity index (χ1v) is 6.66. The molecule has 1 aromatic heterocycles. The molecule has 1 amide bonds. The molecule has 1 heterocycles.